The number of esters is 2. The average Bonchev–Trinajstić information content (AvgIpc) is 2.80. The molecule has 0 bridgehead atoms. The van der Waals surface area contributed by atoms with Gasteiger partial charge in [0, 0.05) is 12.2 Å². The molecule has 32 heavy (non-hydrogen) atoms. The SMILES string of the molecule is CCCC(/C=C/C=C/C(=O)OC)=C\c1ccc(/C=C(/C=C/C=C/C(=O)OC)CCC)cc1. The molecule has 1 aromatic rings. The summed E-state index contributed by atoms with van der Waals surface area (Å²) in [6, 6.07) is 8.40. The number of carbonyl (C=O) groups is 2. The van der Waals surface area contributed by atoms with Gasteiger partial charge < -0.3 is 9.47 Å². The third-order valence-electron chi connectivity index (χ3n) is 4.43. The van der Waals surface area contributed by atoms with Crippen molar-refractivity contribution >= 4 is 24.1 Å². The molecule has 1 aromatic carbocycles. The van der Waals surface area contributed by atoms with E-state index in [0.717, 1.165) is 36.8 Å². The van der Waals surface area contributed by atoms with Crippen LogP contribution < -0.4 is 0 Å². The molecule has 0 saturated carbocycles. The van der Waals surface area contributed by atoms with E-state index in [1.54, 1.807) is 12.2 Å². The zero-order chi connectivity index (χ0) is 23.6. The Hall–Kier alpha value is -3.40. The van der Waals surface area contributed by atoms with E-state index in [9.17, 15) is 9.59 Å². The Morgan fingerprint density at radius 3 is 1.31 bits per heavy atom. The largest absolute Gasteiger partial charge is 0.466 e. The van der Waals surface area contributed by atoms with E-state index in [4.69, 9.17) is 0 Å². The molecule has 4 heteroatoms. The summed E-state index contributed by atoms with van der Waals surface area (Å²) in [5, 5.41) is 0. The average molecular weight is 435 g/mol. The van der Waals surface area contributed by atoms with Crippen LogP contribution in [0.5, 0.6) is 0 Å². The second kappa shape index (κ2) is 16.3. The summed E-state index contributed by atoms with van der Waals surface area (Å²) in [6.45, 7) is 4.28. The van der Waals surface area contributed by atoms with Gasteiger partial charge in [-0.2, -0.15) is 0 Å². The molecular weight excluding hydrogens is 400 g/mol. The summed E-state index contributed by atoms with van der Waals surface area (Å²) in [7, 11) is 2.72. The highest BCUT2D eigenvalue weighted by Crippen LogP contribution is 2.17. The van der Waals surface area contributed by atoms with Gasteiger partial charge in [-0.25, -0.2) is 9.59 Å². The number of methoxy groups -OCH3 is 2. The van der Waals surface area contributed by atoms with Crippen molar-refractivity contribution in [2.45, 2.75) is 39.5 Å². The van der Waals surface area contributed by atoms with Crippen molar-refractivity contribution in [1.29, 1.82) is 0 Å². The fourth-order valence-electron chi connectivity index (χ4n) is 2.86. The minimum atomic E-state index is -0.365. The highest BCUT2D eigenvalue weighted by molar-refractivity contribution is 5.82. The number of allylic oxidation sites excluding steroid dienone is 8. The molecule has 0 atom stereocenters. The quantitative estimate of drug-likeness (QED) is 0.211. The Balaban J connectivity index is 2.94. The third-order valence-corrected chi connectivity index (χ3v) is 4.43. The third kappa shape index (κ3) is 11.7. The fraction of sp³-hybridized carbons (Fsp3) is 0.286. The molecule has 0 heterocycles. The normalized spacial score (nSPS) is 13.0. The predicted octanol–water partition coefficient (Wildman–Crippen LogP) is 6.62. The molecule has 0 unspecified atom stereocenters. The van der Waals surface area contributed by atoms with Gasteiger partial charge >= 0.3 is 11.9 Å². The molecule has 0 spiro atoms. The van der Waals surface area contributed by atoms with Crippen LogP contribution in [-0.4, -0.2) is 26.2 Å². The smallest absolute Gasteiger partial charge is 0.330 e. The standard InChI is InChI=1S/C28H34O4/c1-5-11-23(13-7-9-15-27(29)31-3)21-25-17-19-26(20-18-25)22-24(12-6-2)14-8-10-16-28(30)32-4/h7-10,13-22H,5-6,11-12H2,1-4H3/b13-7+,14-8+,15-9+,16-10+,23-21+,24-22+. The van der Waals surface area contributed by atoms with Gasteiger partial charge in [0.2, 0.25) is 0 Å². The lowest BCUT2D eigenvalue weighted by atomic mass is 10.0. The van der Waals surface area contributed by atoms with Gasteiger partial charge in [-0.05, 0) is 35.1 Å². The first-order valence-electron chi connectivity index (χ1n) is 10.9. The maximum Gasteiger partial charge on any atom is 0.330 e. The van der Waals surface area contributed by atoms with Crippen LogP contribution in [0.1, 0.15) is 50.7 Å². The number of hydrogen-bond donors (Lipinski definition) is 0. The highest BCUT2D eigenvalue weighted by Gasteiger charge is 1.97. The van der Waals surface area contributed by atoms with E-state index in [0.29, 0.717) is 0 Å². The second-order valence-electron chi connectivity index (χ2n) is 7.09. The van der Waals surface area contributed by atoms with Crippen molar-refractivity contribution in [3.63, 3.8) is 0 Å². The minimum Gasteiger partial charge on any atom is -0.466 e. The van der Waals surface area contributed by atoms with Crippen LogP contribution in [0.4, 0.5) is 0 Å². The summed E-state index contributed by atoms with van der Waals surface area (Å²) < 4.78 is 9.18. The molecule has 0 radical (unpaired) electrons. The molecular formula is C28H34O4. The van der Waals surface area contributed by atoms with Gasteiger partial charge in [-0.3, -0.25) is 0 Å². The van der Waals surface area contributed by atoms with Crippen molar-refractivity contribution in [2.75, 3.05) is 14.2 Å². The van der Waals surface area contributed by atoms with Crippen molar-refractivity contribution in [3.8, 4) is 0 Å². The summed E-state index contributed by atoms with van der Waals surface area (Å²) >= 11 is 0. The fourth-order valence-corrected chi connectivity index (χ4v) is 2.86. The maximum absolute atomic E-state index is 11.1. The van der Waals surface area contributed by atoms with E-state index < -0.39 is 0 Å². The van der Waals surface area contributed by atoms with Crippen molar-refractivity contribution < 1.29 is 19.1 Å². The van der Waals surface area contributed by atoms with Crippen LogP contribution in [0.2, 0.25) is 0 Å². The van der Waals surface area contributed by atoms with Gasteiger partial charge in [0.15, 0.2) is 0 Å². The lowest BCUT2D eigenvalue weighted by Gasteiger charge is -2.03. The zero-order valence-electron chi connectivity index (χ0n) is 19.5. The molecule has 0 aliphatic heterocycles. The second-order valence-corrected chi connectivity index (χ2v) is 7.09. The molecule has 0 aliphatic carbocycles. The molecule has 0 aromatic heterocycles. The highest BCUT2D eigenvalue weighted by atomic mass is 16.5. The van der Waals surface area contributed by atoms with Crippen LogP contribution in [0.15, 0.2) is 84.0 Å². The van der Waals surface area contributed by atoms with E-state index in [2.05, 4.69) is 59.7 Å². The Labute approximate surface area is 192 Å². The van der Waals surface area contributed by atoms with E-state index in [1.807, 2.05) is 24.3 Å². The van der Waals surface area contributed by atoms with Gasteiger partial charge in [0.05, 0.1) is 14.2 Å². The minimum absolute atomic E-state index is 0.365. The zero-order valence-corrected chi connectivity index (χ0v) is 19.5. The number of ether oxygens (including phenoxy) is 2. The molecule has 0 saturated heterocycles. The van der Waals surface area contributed by atoms with Crippen LogP contribution in [0.25, 0.3) is 12.2 Å². The van der Waals surface area contributed by atoms with Crippen LogP contribution in [-0.2, 0) is 19.1 Å². The lowest BCUT2D eigenvalue weighted by molar-refractivity contribution is -0.135. The summed E-state index contributed by atoms with van der Waals surface area (Å²) in [4.78, 5) is 22.3. The van der Waals surface area contributed by atoms with E-state index >= 15 is 0 Å². The maximum atomic E-state index is 11.1. The van der Waals surface area contributed by atoms with Crippen molar-refractivity contribution in [1.82, 2.24) is 0 Å². The van der Waals surface area contributed by atoms with Gasteiger partial charge in [0.1, 0.15) is 0 Å². The first-order valence-corrected chi connectivity index (χ1v) is 10.9. The van der Waals surface area contributed by atoms with Crippen LogP contribution in [0, 0.1) is 0 Å². The molecule has 170 valence electrons. The van der Waals surface area contributed by atoms with E-state index in [1.165, 1.54) is 37.5 Å². The number of benzene rings is 1. The Morgan fingerprint density at radius 1 is 0.656 bits per heavy atom. The van der Waals surface area contributed by atoms with Gasteiger partial charge in [-0.1, -0.05) is 99.6 Å². The number of rotatable bonds is 12. The molecule has 0 fully saturated rings. The summed E-state index contributed by atoms with van der Waals surface area (Å²) in [5.41, 5.74) is 4.64. The van der Waals surface area contributed by atoms with Crippen LogP contribution in [0.3, 0.4) is 0 Å². The van der Waals surface area contributed by atoms with Crippen molar-refractivity contribution in [2.24, 2.45) is 0 Å². The molecule has 0 N–H and O–H groups in total. The van der Waals surface area contributed by atoms with E-state index in [-0.39, 0.29) is 11.9 Å². The molecule has 0 amide bonds. The molecule has 0 aliphatic rings. The first kappa shape index (κ1) is 26.6. The van der Waals surface area contributed by atoms with Gasteiger partial charge in [0.25, 0.3) is 0 Å². The number of carbonyl (C=O) groups excluding carboxylic acids is 2. The Kier molecular flexibility index (Phi) is 13.6. The Bertz CT molecular complexity index is 819. The Morgan fingerprint density at radius 2 is 1.00 bits per heavy atom. The lowest BCUT2D eigenvalue weighted by Crippen LogP contribution is -1.92. The number of hydrogen-bond acceptors (Lipinski definition) is 4. The van der Waals surface area contributed by atoms with Crippen molar-refractivity contribution in [3.05, 3.63) is 95.1 Å². The first-order chi connectivity index (χ1) is 15.5. The molecule has 1 rings (SSSR count). The summed E-state index contributed by atoms with van der Waals surface area (Å²) in [6.07, 6.45) is 22.2. The predicted molar refractivity (Wildman–Crippen MR) is 133 cm³/mol. The van der Waals surface area contributed by atoms with Gasteiger partial charge in [-0.15, -0.1) is 0 Å². The monoisotopic (exact) mass is 434 g/mol. The molecule has 4 nitrogen and oxygen atoms in total. The summed E-state index contributed by atoms with van der Waals surface area (Å²) in [5.74, 6) is -0.729. The topological polar surface area (TPSA) is 52.6 Å². The van der Waals surface area contributed by atoms with Crippen LogP contribution >= 0.6 is 0 Å².